The van der Waals surface area contributed by atoms with Crippen LogP contribution >= 0.6 is 11.6 Å². The second kappa shape index (κ2) is 7.57. The number of hydrogen-bond donors (Lipinski definition) is 1. The van der Waals surface area contributed by atoms with E-state index in [9.17, 15) is 4.79 Å². The van der Waals surface area contributed by atoms with Crippen LogP contribution in [0.5, 0.6) is 5.75 Å². The van der Waals surface area contributed by atoms with Gasteiger partial charge in [0.25, 0.3) is 5.91 Å². The van der Waals surface area contributed by atoms with E-state index in [1.807, 2.05) is 48.2 Å². The molecule has 0 atom stereocenters. The molecular formula is C19H20ClN3O2. The number of methoxy groups -OCH3 is 1. The zero-order valence-corrected chi connectivity index (χ0v) is 15.0. The van der Waals surface area contributed by atoms with Crippen LogP contribution in [0.4, 0.5) is 5.69 Å². The summed E-state index contributed by atoms with van der Waals surface area (Å²) in [6.07, 6.45) is 0.910. The van der Waals surface area contributed by atoms with E-state index in [-0.39, 0.29) is 5.91 Å². The van der Waals surface area contributed by atoms with E-state index < -0.39 is 0 Å². The maximum Gasteiger partial charge on any atom is 0.257 e. The molecule has 25 heavy (non-hydrogen) atoms. The highest BCUT2D eigenvalue weighted by Gasteiger charge is 2.20. The van der Waals surface area contributed by atoms with Gasteiger partial charge in [0.15, 0.2) is 0 Å². The summed E-state index contributed by atoms with van der Waals surface area (Å²) < 4.78 is 5.20. The molecule has 0 unspecified atom stereocenters. The van der Waals surface area contributed by atoms with Crippen LogP contribution < -0.4 is 15.0 Å². The van der Waals surface area contributed by atoms with Gasteiger partial charge >= 0.3 is 0 Å². The number of ether oxygens (including phenoxy) is 1. The number of nitrogens with one attached hydrogen (secondary N) is 1. The van der Waals surface area contributed by atoms with Gasteiger partial charge in [-0.15, -0.1) is 0 Å². The first kappa shape index (κ1) is 17.3. The van der Waals surface area contributed by atoms with E-state index in [1.54, 1.807) is 13.2 Å². The van der Waals surface area contributed by atoms with Crippen molar-refractivity contribution in [2.24, 2.45) is 4.99 Å². The van der Waals surface area contributed by atoms with Crippen LogP contribution in [-0.4, -0.2) is 32.1 Å². The largest absolute Gasteiger partial charge is 0.495 e. The first-order chi connectivity index (χ1) is 12.1. The summed E-state index contributed by atoms with van der Waals surface area (Å²) in [5, 5.41) is 3.44. The average molecular weight is 358 g/mol. The third kappa shape index (κ3) is 3.94. The van der Waals surface area contributed by atoms with Gasteiger partial charge in [0.1, 0.15) is 5.75 Å². The molecule has 0 aromatic heterocycles. The highest BCUT2D eigenvalue weighted by atomic mass is 35.5. The summed E-state index contributed by atoms with van der Waals surface area (Å²) in [5.41, 5.74) is 2.52. The molecule has 1 aliphatic heterocycles. The Labute approximate surface area is 152 Å². The van der Waals surface area contributed by atoms with Crippen molar-refractivity contribution >= 4 is 29.2 Å². The van der Waals surface area contributed by atoms with Gasteiger partial charge in [-0.2, -0.15) is 0 Å². The van der Waals surface area contributed by atoms with E-state index in [1.165, 1.54) is 0 Å². The van der Waals surface area contributed by atoms with Crippen LogP contribution in [0.1, 0.15) is 22.3 Å². The van der Waals surface area contributed by atoms with E-state index in [4.69, 9.17) is 16.3 Å². The Balaban J connectivity index is 1.83. The molecule has 0 saturated carbocycles. The fourth-order valence-corrected chi connectivity index (χ4v) is 3.00. The van der Waals surface area contributed by atoms with Gasteiger partial charge in [-0.25, -0.2) is 0 Å². The van der Waals surface area contributed by atoms with Crippen molar-refractivity contribution in [1.82, 2.24) is 5.32 Å². The highest BCUT2D eigenvalue weighted by molar-refractivity contribution is 6.32. The number of hydrogen-bond acceptors (Lipinski definition) is 4. The monoisotopic (exact) mass is 357 g/mol. The fraction of sp³-hybridized carbons (Fsp3) is 0.263. The zero-order valence-electron chi connectivity index (χ0n) is 14.3. The molecule has 0 saturated heterocycles. The molecule has 2 aromatic rings. The molecule has 5 nitrogen and oxygen atoms in total. The molecule has 0 aliphatic carbocycles. The van der Waals surface area contributed by atoms with Crippen molar-refractivity contribution in [3.05, 3.63) is 58.6 Å². The van der Waals surface area contributed by atoms with Crippen molar-refractivity contribution < 1.29 is 9.53 Å². The Morgan fingerprint density at radius 2 is 2.12 bits per heavy atom. The summed E-state index contributed by atoms with van der Waals surface area (Å²) >= 11 is 6.24. The van der Waals surface area contributed by atoms with E-state index >= 15 is 0 Å². The Morgan fingerprint density at radius 3 is 2.84 bits per heavy atom. The second-order valence-corrected chi connectivity index (χ2v) is 6.26. The normalized spacial score (nSPS) is 14.0. The SMILES string of the molecule is COc1ccc(N2CCCN=C2NC(=O)c2cccc(C)c2)cc1Cl. The molecule has 3 rings (SSSR count). The molecule has 0 radical (unpaired) electrons. The number of aryl methyl sites for hydroxylation is 1. The van der Waals surface area contributed by atoms with Crippen molar-refractivity contribution in [3.8, 4) is 5.75 Å². The van der Waals surface area contributed by atoms with Gasteiger partial charge in [-0.1, -0.05) is 29.3 Å². The Hall–Kier alpha value is -2.53. The van der Waals surface area contributed by atoms with Crippen molar-refractivity contribution in [3.63, 3.8) is 0 Å². The Morgan fingerprint density at radius 1 is 1.28 bits per heavy atom. The average Bonchev–Trinajstić information content (AvgIpc) is 2.62. The number of rotatable bonds is 3. The minimum Gasteiger partial charge on any atom is -0.495 e. The maximum atomic E-state index is 12.5. The third-order valence-corrected chi connectivity index (χ3v) is 4.31. The fourth-order valence-electron chi connectivity index (χ4n) is 2.75. The van der Waals surface area contributed by atoms with Gasteiger partial charge in [-0.05, 0) is 43.7 Å². The van der Waals surface area contributed by atoms with Crippen LogP contribution in [0.15, 0.2) is 47.5 Å². The summed E-state index contributed by atoms with van der Waals surface area (Å²) in [5.74, 6) is 0.984. The first-order valence-electron chi connectivity index (χ1n) is 8.12. The molecule has 0 bridgehead atoms. The van der Waals surface area contributed by atoms with Crippen LogP contribution in [0.25, 0.3) is 0 Å². The molecule has 1 N–H and O–H groups in total. The van der Waals surface area contributed by atoms with Crippen molar-refractivity contribution in [2.45, 2.75) is 13.3 Å². The lowest BCUT2D eigenvalue weighted by Gasteiger charge is -2.29. The summed E-state index contributed by atoms with van der Waals surface area (Å²) in [4.78, 5) is 19.0. The lowest BCUT2D eigenvalue weighted by molar-refractivity contribution is 0.0976. The number of aliphatic imine (C=N–C) groups is 1. The predicted molar refractivity (Wildman–Crippen MR) is 101 cm³/mol. The lowest BCUT2D eigenvalue weighted by Crippen LogP contribution is -2.47. The van der Waals surface area contributed by atoms with E-state index in [0.29, 0.717) is 28.8 Å². The molecule has 130 valence electrons. The number of carbonyl (C=O) groups is 1. The van der Waals surface area contributed by atoms with Crippen LogP contribution in [-0.2, 0) is 0 Å². The second-order valence-electron chi connectivity index (χ2n) is 5.85. The molecule has 2 aromatic carbocycles. The number of guanidine groups is 1. The Bertz CT molecular complexity index is 820. The highest BCUT2D eigenvalue weighted by Crippen LogP contribution is 2.29. The standard InChI is InChI=1S/C19H20ClN3O2/c1-13-5-3-6-14(11-13)18(24)22-19-21-9-4-10-23(19)15-7-8-17(25-2)16(20)12-15/h3,5-8,11-12H,4,9-10H2,1-2H3,(H,21,22,24). The van der Waals surface area contributed by atoms with Crippen molar-refractivity contribution in [1.29, 1.82) is 0 Å². The maximum absolute atomic E-state index is 12.5. The molecular weight excluding hydrogens is 338 g/mol. The molecule has 0 fully saturated rings. The number of benzene rings is 2. The quantitative estimate of drug-likeness (QED) is 0.912. The van der Waals surface area contributed by atoms with E-state index in [2.05, 4.69) is 10.3 Å². The minimum absolute atomic E-state index is 0.172. The van der Waals surface area contributed by atoms with Gasteiger partial charge in [0.05, 0.1) is 12.1 Å². The first-order valence-corrected chi connectivity index (χ1v) is 8.50. The molecule has 1 amide bonds. The predicted octanol–water partition coefficient (Wildman–Crippen LogP) is 3.65. The zero-order chi connectivity index (χ0) is 17.8. The van der Waals surface area contributed by atoms with Gasteiger partial charge < -0.3 is 9.64 Å². The van der Waals surface area contributed by atoms with Crippen LogP contribution in [0.2, 0.25) is 5.02 Å². The third-order valence-electron chi connectivity index (χ3n) is 4.01. The molecule has 6 heteroatoms. The Kier molecular flexibility index (Phi) is 5.24. The minimum atomic E-state index is -0.172. The molecule has 1 heterocycles. The van der Waals surface area contributed by atoms with Gasteiger partial charge in [-0.3, -0.25) is 15.1 Å². The summed E-state index contributed by atoms with van der Waals surface area (Å²) in [6, 6.07) is 13.0. The van der Waals surface area contributed by atoms with Crippen LogP contribution in [0, 0.1) is 6.92 Å². The number of nitrogens with zero attached hydrogens (tertiary/aromatic N) is 2. The molecule has 0 spiro atoms. The lowest BCUT2D eigenvalue weighted by atomic mass is 10.1. The summed E-state index contributed by atoms with van der Waals surface area (Å²) in [7, 11) is 1.58. The molecule has 1 aliphatic rings. The number of anilines is 1. The number of amides is 1. The van der Waals surface area contributed by atoms with Gasteiger partial charge in [0, 0.05) is 24.3 Å². The topological polar surface area (TPSA) is 53.9 Å². The van der Waals surface area contributed by atoms with Crippen LogP contribution in [0.3, 0.4) is 0 Å². The van der Waals surface area contributed by atoms with Gasteiger partial charge in [0.2, 0.25) is 5.96 Å². The van der Waals surface area contributed by atoms with Crippen molar-refractivity contribution in [2.75, 3.05) is 25.1 Å². The number of halogens is 1. The number of carbonyl (C=O) groups excluding carboxylic acids is 1. The van der Waals surface area contributed by atoms with E-state index in [0.717, 1.165) is 24.2 Å². The summed E-state index contributed by atoms with van der Waals surface area (Å²) in [6.45, 7) is 3.40. The smallest absolute Gasteiger partial charge is 0.257 e.